The summed E-state index contributed by atoms with van der Waals surface area (Å²) in [7, 11) is -8.50. The van der Waals surface area contributed by atoms with Crippen LogP contribution in [0.25, 0.3) is 0 Å². The molecule has 32 heavy (non-hydrogen) atoms. The monoisotopic (exact) mass is 594 g/mol. The summed E-state index contributed by atoms with van der Waals surface area (Å²) in [5, 5.41) is -0.229. The fourth-order valence-electron chi connectivity index (χ4n) is 1.89. The molecular formula is C18H8Cl6O6S2. The molecular weight excluding hydrogens is 589 g/mol. The van der Waals surface area contributed by atoms with Crippen LogP contribution in [0.2, 0.25) is 30.1 Å². The molecule has 170 valence electrons. The molecule has 14 heteroatoms. The second kappa shape index (κ2) is 11.5. The third-order valence-electron chi connectivity index (χ3n) is 3.30. The van der Waals surface area contributed by atoms with Gasteiger partial charge in [-0.15, -0.1) is 0 Å². The van der Waals surface area contributed by atoms with Crippen molar-refractivity contribution in [2.45, 2.75) is 9.79 Å². The van der Waals surface area contributed by atoms with E-state index in [4.69, 9.17) is 78.0 Å². The number of benzene rings is 2. The average molecular weight is 597 g/mol. The highest BCUT2D eigenvalue weighted by Gasteiger charge is 2.21. The maximum Gasteiger partial charge on any atom is 0.299 e. The number of halogens is 6. The van der Waals surface area contributed by atoms with Crippen molar-refractivity contribution < 1.29 is 25.2 Å². The van der Waals surface area contributed by atoms with Crippen LogP contribution in [0.15, 0.2) is 34.1 Å². The summed E-state index contributed by atoms with van der Waals surface area (Å²) in [4.78, 5) is -0.748. The topological polar surface area (TPSA) is 86.7 Å². The predicted octanol–water partition coefficient (Wildman–Crippen LogP) is 5.72. The van der Waals surface area contributed by atoms with E-state index in [-0.39, 0.29) is 39.9 Å². The number of rotatable bonds is 6. The molecule has 0 aliphatic heterocycles. The van der Waals surface area contributed by atoms with Gasteiger partial charge in [0.25, 0.3) is 20.2 Å². The van der Waals surface area contributed by atoms with Gasteiger partial charge in [0.1, 0.15) is 23.0 Å². The molecule has 0 N–H and O–H groups in total. The third kappa shape index (κ3) is 7.31. The molecule has 0 fully saturated rings. The van der Waals surface area contributed by atoms with E-state index < -0.39 is 33.5 Å². The van der Waals surface area contributed by atoms with E-state index >= 15 is 0 Å². The van der Waals surface area contributed by atoms with E-state index in [1.807, 2.05) is 0 Å². The van der Waals surface area contributed by atoms with Crippen molar-refractivity contribution in [3.63, 3.8) is 0 Å². The van der Waals surface area contributed by atoms with Gasteiger partial charge in [0.05, 0.1) is 30.1 Å². The van der Waals surface area contributed by atoms with Crippen LogP contribution < -0.4 is 0 Å². The van der Waals surface area contributed by atoms with Gasteiger partial charge in [0, 0.05) is 0 Å². The molecule has 0 atom stereocenters. The maximum atomic E-state index is 12.1. The van der Waals surface area contributed by atoms with E-state index in [1.165, 1.54) is 0 Å². The van der Waals surface area contributed by atoms with Crippen LogP contribution in [-0.2, 0) is 28.6 Å². The van der Waals surface area contributed by atoms with Crippen LogP contribution in [0.4, 0.5) is 0 Å². The minimum atomic E-state index is -4.25. The second-order valence-electron chi connectivity index (χ2n) is 5.43. The van der Waals surface area contributed by atoms with E-state index in [2.05, 4.69) is 23.7 Å². The molecule has 0 saturated heterocycles. The lowest BCUT2D eigenvalue weighted by molar-refractivity contribution is 0.362. The van der Waals surface area contributed by atoms with Gasteiger partial charge in [-0.3, -0.25) is 8.37 Å². The Morgan fingerprint density at radius 2 is 0.875 bits per heavy atom. The molecule has 0 saturated carbocycles. The highest BCUT2D eigenvalue weighted by Crippen LogP contribution is 2.33. The van der Waals surface area contributed by atoms with Gasteiger partial charge in [-0.05, 0) is 36.1 Å². The Balaban J connectivity index is 1.95. The summed E-state index contributed by atoms with van der Waals surface area (Å²) in [6.45, 7) is -1.10. The van der Waals surface area contributed by atoms with Gasteiger partial charge in [-0.25, -0.2) is 0 Å². The molecule has 0 aliphatic carbocycles. The molecule has 0 heterocycles. The van der Waals surface area contributed by atoms with Crippen LogP contribution in [0.3, 0.4) is 0 Å². The summed E-state index contributed by atoms with van der Waals surface area (Å²) < 4.78 is 58.0. The van der Waals surface area contributed by atoms with Crippen LogP contribution in [0.5, 0.6) is 0 Å². The second-order valence-corrected chi connectivity index (χ2v) is 11.0. The number of hydrogen-bond acceptors (Lipinski definition) is 6. The lowest BCUT2D eigenvalue weighted by atomic mass is 10.4. The Morgan fingerprint density at radius 1 is 0.562 bits per heavy atom. The zero-order chi connectivity index (χ0) is 24.1. The van der Waals surface area contributed by atoms with Crippen LogP contribution in [-0.4, -0.2) is 30.0 Å². The summed E-state index contributed by atoms with van der Waals surface area (Å²) in [5.74, 6) is 9.20. The van der Waals surface area contributed by atoms with E-state index in [0.717, 1.165) is 24.3 Å². The highest BCUT2D eigenvalue weighted by atomic mass is 35.5. The zero-order valence-corrected chi connectivity index (χ0v) is 21.4. The van der Waals surface area contributed by atoms with Crippen molar-refractivity contribution in [1.29, 1.82) is 0 Å². The molecule has 0 spiro atoms. The van der Waals surface area contributed by atoms with Gasteiger partial charge in [-0.1, -0.05) is 81.4 Å². The van der Waals surface area contributed by atoms with Gasteiger partial charge < -0.3 is 0 Å². The molecule has 0 amide bonds. The Hall–Kier alpha value is -0.880. The van der Waals surface area contributed by atoms with Gasteiger partial charge >= 0.3 is 0 Å². The van der Waals surface area contributed by atoms with Gasteiger partial charge in [0.15, 0.2) is 0 Å². The largest absolute Gasteiger partial charge is 0.299 e. The summed E-state index contributed by atoms with van der Waals surface area (Å²) in [5.41, 5.74) is 0. The molecule has 0 radical (unpaired) electrons. The molecule has 2 rings (SSSR count). The first-order valence-electron chi connectivity index (χ1n) is 7.89. The van der Waals surface area contributed by atoms with Crippen molar-refractivity contribution in [2.75, 3.05) is 13.2 Å². The van der Waals surface area contributed by atoms with E-state index in [9.17, 15) is 16.8 Å². The molecule has 0 aliphatic rings. The first-order valence-corrected chi connectivity index (χ1v) is 13.0. The fourth-order valence-corrected chi connectivity index (χ4v) is 5.49. The Kier molecular flexibility index (Phi) is 9.84. The zero-order valence-electron chi connectivity index (χ0n) is 15.3. The summed E-state index contributed by atoms with van der Waals surface area (Å²) in [6, 6.07) is 4.43. The van der Waals surface area contributed by atoms with Crippen molar-refractivity contribution in [3.05, 3.63) is 54.4 Å². The van der Waals surface area contributed by atoms with Crippen LogP contribution in [0.1, 0.15) is 0 Å². The Labute approximate surface area is 214 Å². The van der Waals surface area contributed by atoms with Gasteiger partial charge in [-0.2, -0.15) is 16.8 Å². The SMILES string of the molecule is O=S(=O)(OCC#CC#CCOS(=O)(=O)c1cc(Cl)c(Cl)cc1Cl)c1cc(Cl)c(Cl)cc1Cl. The van der Waals surface area contributed by atoms with Crippen molar-refractivity contribution in [2.24, 2.45) is 0 Å². The fraction of sp³-hybridized carbons (Fsp3) is 0.111. The molecule has 6 nitrogen and oxygen atoms in total. The maximum absolute atomic E-state index is 12.1. The predicted molar refractivity (Wildman–Crippen MR) is 125 cm³/mol. The normalized spacial score (nSPS) is 11.3. The quantitative estimate of drug-likeness (QED) is 0.241. The molecule has 2 aromatic carbocycles. The van der Waals surface area contributed by atoms with Crippen molar-refractivity contribution in [1.82, 2.24) is 0 Å². The molecule has 0 bridgehead atoms. The van der Waals surface area contributed by atoms with Crippen molar-refractivity contribution >= 4 is 89.8 Å². The first kappa shape index (κ1) is 27.4. The Morgan fingerprint density at radius 3 is 1.22 bits per heavy atom. The van der Waals surface area contributed by atoms with E-state index in [0.29, 0.717) is 0 Å². The smallest absolute Gasteiger partial charge is 0.253 e. The van der Waals surface area contributed by atoms with Gasteiger partial charge in [0.2, 0.25) is 0 Å². The molecule has 0 unspecified atom stereocenters. The van der Waals surface area contributed by atoms with Crippen LogP contribution in [0, 0.1) is 23.7 Å². The average Bonchev–Trinajstić information content (AvgIpc) is 2.69. The Bertz CT molecular complexity index is 1280. The van der Waals surface area contributed by atoms with E-state index in [1.54, 1.807) is 0 Å². The first-order chi connectivity index (χ1) is 14.8. The molecule has 2 aromatic rings. The number of hydrogen-bond donors (Lipinski definition) is 0. The van der Waals surface area contributed by atoms with Crippen molar-refractivity contribution in [3.8, 4) is 23.7 Å². The van der Waals surface area contributed by atoms with Crippen LogP contribution >= 0.6 is 69.6 Å². The summed E-state index contributed by atoms with van der Waals surface area (Å²) >= 11 is 34.8. The summed E-state index contributed by atoms with van der Waals surface area (Å²) in [6.07, 6.45) is 0. The lowest BCUT2D eigenvalue weighted by Gasteiger charge is -2.06. The standard InChI is InChI=1S/C18H8Cl6O6S2/c19-11-7-15(23)17(9-13(11)21)31(25,26)29-5-3-1-2-4-6-30-32(27,28)18-10-14(22)12(20)8-16(18)24/h7-10H,5-6H2. The minimum Gasteiger partial charge on any atom is -0.253 e. The highest BCUT2D eigenvalue weighted by molar-refractivity contribution is 7.87. The third-order valence-corrected chi connectivity index (χ3v) is 8.20. The molecule has 0 aromatic heterocycles. The lowest BCUT2D eigenvalue weighted by Crippen LogP contribution is -2.07. The minimum absolute atomic E-state index is 0.0210.